The molecular formula is C24H31N3O4S. The topological polar surface area (TPSA) is 110 Å². The van der Waals surface area contributed by atoms with E-state index in [4.69, 9.17) is 5.73 Å². The van der Waals surface area contributed by atoms with Crippen molar-refractivity contribution in [2.45, 2.75) is 63.8 Å². The van der Waals surface area contributed by atoms with Gasteiger partial charge in [0.05, 0.1) is 11.4 Å². The molecule has 2 amide bonds. The Hall–Kier alpha value is -2.71. The van der Waals surface area contributed by atoms with E-state index in [0.29, 0.717) is 22.4 Å². The van der Waals surface area contributed by atoms with E-state index in [1.54, 1.807) is 26.0 Å². The van der Waals surface area contributed by atoms with Crippen LogP contribution in [0.15, 0.2) is 41.3 Å². The number of carbonyl (C=O) groups is 2. The molecule has 1 aliphatic carbocycles. The van der Waals surface area contributed by atoms with Gasteiger partial charge in [0, 0.05) is 17.3 Å². The first-order chi connectivity index (χ1) is 15.1. The van der Waals surface area contributed by atoms with Crippen LogP contribution in [0, 0.1) is 20.8 Å². The molecule has 0 bridgehead atoms. The van der Waals surface area contributed by atoms with Crippen molar-refractivity contribution in [1.29, 1.82) is 0 Å². The smallest absolute Gasteiger partial charge is 0.248 e. The summed E-state index contributed by atoms with van der Waals surface area (Å²) in [5.74, 6) is -0.977. The number of nitrogens with one attached hydrogen (secondary N) is 1. The van der Waals surface area contributed by atoms with Crippen LogP contribution in [0.2, 0.25) is 0 Å². The molecule has 0 atom stereocenters. The van der Waals surface area contributed by atoms with Crippen molar-refractivity contribution in [2.24, 2.45) is 5.73 Å². The molecule has 2 aromatic carbocycles. The summed E-state index contributed by atoms with van der Waals surface area (Å²) in [6, 6.07) is 9.70. The van der Waals surface area contributed by atoms with Crippen LogP contribution < -0.4 is 11.1 Å². The molecule has 0 spiro atoms. The van der Waals surface area contributed by atoms with Crippen LogP contribution in [-0.4, -0.2) is 37.1 Å². The van der Waals surface area contributed by atoms with Crippen LogP contribution in [0.5, 0.6) is 0 Å². The van der Waals surface area contributed by atoms with Gasteiger partial charge in [0.15, 0.2) is 0 Å². The van der Waals surface area contributed by atoms with E-state index in [2.05, 4.69) is 5.32 Å². The molecule has 3 N–H and O–H groups in total. The van der Waals surface area contributed by atoms with Gasteiger partial charge < -0.3 is 11.1 Å². The lowest BCUT2D eigenvalue weighted by Gasteiger charge is -2.33. The van der Waals surface area contributed by atoms with Crippen LogP contribution in [0.1, 0.15) is 59.2 Å². The fourth-order valence-corrected chi connectivity index (χ4v) is 6.59. The van der Waals surface area contributed by atoms with Crippen LogP contribution in [0.25, 0.3) is 0 Å². The molecule has 8 heteroatoms. The van der Waals surface area contributed by atoms with E-state index in [1.807, 2.05) is 19.1 Å². The van der Waals surface area contributed by atoms with E-state index in [1.165, 1.54) is 16.4 Å². The minimum atomic E-state index is -3.87. The summed E-state index contributed by atoms with van der Waals surface area (Å²) in [6.45, 7) is 5.27. The van der Waals surface area contributed by atoms with Crippen LogP contribution >= 0.6 is 0 Å². The van der Waals surface area contributed by atoms with Gasteiger partial charge in [0.1, 0.15) is 0 Å². The number of anilines is 1. The third-order valence-corrected chi connectivity index (χ3v) is 8.11. The van der Waals surface area contributed by atoms with Crippen LogP contribution in [0.3, 0.4) is 0 Å². The fourth-order valence-electron chi connectivity index (χ4n) is 4.53. The molecule has 3 rings (SSSR count). The molecule has 0 heterocycles. The highest BCUT2D eigenvalue weighted by atomic mass is 32.2. The second-order valence-electron chi connectivity index (χ2n) is 8.56. The summed E-state index contributed by atoms with van der Waals surface area (Å²) in [6.07, 6.45) is 4.44. The lowest BCUT2D eigenvalue weighted by atomic mass is 9.95. The zero-order valence-corrected chi connectivity index (χ0v) is 19.7. The SMILES string of the molecule is Cc1cc(C)c(S(=O)(=O)N(CC(=O)Nc2ccc(C(N)=O)cc2)C2CCCCC2)c(C)c1. The Morgan fingerprint density at radius 2 is 1.56 bits per heavy atom. The van der Waals surface area contributed by atoms with E-state index < -0.39 is 21.8 Å². The summed E-state index contributed by atoms with van der Waals surface area (Å²) < 4.78 is 29.0. The summed E-state index contributed by atoms with van der Waals surface area (Å²) in [5, 5.41) is 2.74. The second-order valence-corrected chi connectivity index (χ2v) is 10.4. The number of aryl methyl sites for hydroxylation is 3. The van der Waals surface area contributed by atoms with Crippen molar-refractivity contribution in [3.05, 3.63) is 58.7 Å². The Balaban J connectivity index is 1.89. The molecule has 0 saturated heterocycles. The van der Waals surface area contributed by atoms with Gasteiger partial charge in [-0.05, 0) is 69.0 Å². The van der Waals surface area contributed by atoms with Crippen LogP contribution in [-0.2, 0) is 14.8 Å². The van der Waals surface area contributed by atoms with E-state index >= 15 is 0 Å². The summed E-state index contributed by atoms with van der Waals surface area (Å²) >= 11 is 0. The zero-order valence-electron chi connectivity index (χ0n) is 18.8. The van der Waals surface area contributed by atoms with Crippen molar-refractivity contribution < 1.29 is 18.0 Å². The largest absolute Gasteiger partial charge is 0.366 e. The highest BCUT2D eigenvalue weighted by Gasteiger charge is 2.35. The summed E-state index contributed by atoms with van der Waals surface area (Å²) in [7, 11) is -3.87. The molecule has 0 aromatic heterocycles. The molecule has 1 fully saturated rings. The first-order valence-electron chi connectivity index (χ1n) is 10.9. The minimum Gasteiger partial charge on any atom is -0.366 e. The molecule has 32 heavy (non-hydrogen) atoms. The fraction of sp³-hybridized carbons (Fsp3) is 0.417. The number of carbonyl (C=O) groups excluding carboxylic acids is 2. The number of rotatable bonds is 7. The van der Waals surface area contributed by atoms with Gasteiger partial charge in [-0.15, -0.1) is 0 Å². The standard InChI is InChI=1S/C24H31N3O4S/c1-16-13-17(2)23(18(3)14-16)32(30,31)27(21-7-5-4-6-8-21)15-22(28)26-20-11-9-19(10-12-20)24(25)29/h9-14,21H,4-8,15H2,1-3H3,(H2,25,29)(H,26,28). The Morgan fingerprint density at radius 1 is 1.00 bits per heavy atom. The van der Waals surface area contributed by atoms with Gasteiger partial charge in [-0.1, -0.05) is 37.0 Å². The first-order valence-corrected chi connectivity index (χ1v) is 12.3. The molecule has 1 saturated carbocycles. The molecule has 172 valence electrons. The van der Waals surface area contributed by atoms with Crippen molar-refractivity contribution in [1.82, 2.24) is 4.31 Å². The van der Waals surface area contributed by atoms with Gasteiger partial charge in [-0.25, -0.2) is 8.42 Å². The van der Waals surface area contributed by atoms with Crippen molar-refractivity contribution >= 4 is 27.5 Å². The highest BCUT2D eigenvalue weighted by molar-refractivity contribution is 7.89. The molecule has 0 aliphatic heterocycles. The number of hydrogen-bond acceptors (Lipinski definition) is 4. The average molecular weight is 458 g/mol. The minimum absolute atomic E-state index is 0.211. The van der Waals surface area contributed by atoms with E-state index in [-0.39, 0.29) is 17.5 Å². The predicted molar refractivity (Wildman–Crippen MR) is 125 cm³/mol. The normalized spacial score (nSPS) is 15.0. The van der Waals surface area contributed by atoms with Gasteiger partial charge in [-0.2, -0.15) is 4.31 Å². The molecule has 1 aliphatic rings. The quantitative estimate of drug-likeness (QED) is 0.661. The number of hydrogen-bond donors (Lipinski definition) is 2. The number of nitrogens with two attached hydrogens (primary N) is 1. The monoisotopic (exact) mass is 457 g/mol. The maximum absolute atomic E-state index is 13.8. The van der Waals surface area contributed by atoms with E-state index in [0.717, 1.165) is 37.7 Å². The van der Waals surface area contributed by atoms with Crippen molar-refractivity contribution in [3.63, 3.8) is 0 Å². The third kappa shape index (κ3) is 5.37. The van der Waals surface area contributed by atoms with Crippen LogP contribution in [0.4, 0.5) is 5.69 Å². The van der Waals surface area contributed by atoms with Gasteiger partial charge in [0.2, 0.25) is 21.8 Å². The number of amides is 2. The van der Waals surface area contributed by atoms with E-state index in [9.17, 15) is 18.0 Å². The van der Waals surface area contributed by atoms with Gasteiger partial charge in [-0.3, -0.25) is 9.59 Å². The Bertz CT molecular complexity index is 1080. The summed E-state index contributed by atoms with van der Waals surface area (Å²) in [5.41, 5.74) is 8.43. The third-order valence-electron chi connectivity index (χ3n) is 5.91. The molecular weight excluding hydrogens is 426 g/mol. The van der Waals surface area contributed by atoms with Gasteiger partial charge >= 0.3 is 0 Å². The second kappa shape index (κ2) is 9.83. The maximum Gasteiger partial charge on any atom is 0.248 e. The Kier molecular flexibility index (Phi) is 7.36. The zero-order chi connectivity index (χ0) is 23.5. The molecule has 0 unspecified atom stereocenters. The Labute approximate surface area is 190 Å². The first kappa shape index (κ1) is 23.9. The predicted octanol–water partition coefficient (Wildman–Crippen LogP) is 3.67. The molecule has 7 nitrogen and oxygen atoms in total. The lowest BCUT2D eigenvalue weighted by molar-refractivity contribution is -0.116. The number of nitrogens with zero attached hydrogens (tertiary/aromatic N) is 1. The number of primary amides is 1. The summed E-state index contributed by atoms with van der Waals surface area (Å²) in [4.78, 5) is 24.4. The van der Waals surface area contributed by atoms with Crippen molar-refractivity contribution in [2.75, 3.05) is 11.9 Å². The molecule has 0 radical (unpaired) electrons. The average Bonchev–Trinajstić information content (AvgIpc) is 2.72. The highest BCUT2D eigenvalue weighted by Crippen LogP contribution is 2.31. The number of sulfonamides is 1. The number of benzene rings is 2. The Morgan fingerprint density at radius 3 is 2.09 bits per heavy atom. The van der Waals surface area contributed by atoms with Gasteiger partial charge in [0.25, 0.3) is 0 Å². The molecule has 2 aromatic rings. The maximum atomic E-state index is 13.8. The lowest BCUT2D eigenvalue weighted by Crippen LogP contribution is -2.46. The van der Waals surface area contributed by atoms with Crippen molar-refractivity contribution in [3.8, 4) is 0 Å².